The molecule has 0 heterocycles. The summed E-state index contributed by atoms with van der Waals surface area (Å²) in [5.74, 6) is -0.181. The van der Waals surface area contributed by atoms with E-state index in [9.17, 15) is 4.79 Å². The molecule has 1 aromatic rings. The van der Waals surface area contributed by atoms with Crippen LogP contribution >= 0.6 is 11.6 Å². The fourth-order valence-corrected chi connectivity index (χ4v) is 1.79. The van der Waals surface area contributed by atoms with Crippen LogP contribution in [-0.4, -0.2) is 25.4 Å². The Morgan fingerprint density at radius 1 is 1.32 bits per heavy atom. The Bertz CT molecular complexity index is 417. The van der Waals surface area contributed by atoms with Crippen molar-refractivity contribution in [3.05, 3.63) is 28.8 Å². The van der Waals surface area contributed by atoms with Gasteiger partial charge < -0.3 is 14.8 Å². The van der Waals surface area contributed by atoms with Gasteiger partial charge in [-0.15, -0.1) is 0 Å². The van der Waals surface area contributed by atoms with Gasteiger partial charge in [0.15, 0.2) is 6.29 Å². The molecule has 0 spiro atoms. The van der Waals surface area contributed by atoms with Gasteiger partial charge in [-0.2, -0.15) is 0 Å². The van der Waals surface area contributed by atoms with Crippen LogP contribution in [0.25, 0.3) is 0 Å². The average molecular weight is 286 g/mol. The predicted octanol–water partition coefficient (Wildman–Crippen LogP) is 3.38. The summed E-state index contributed by atoms with van der Waals surface area (Å²) in [6.07, 6.45) is -0.370. The van der Waals surface area contributed by atoms with E-state index >= 15 is 0 Å². The number of carbonyl (C=O) groups excluding carboxylic acids is 1. The lowest BCUT2D eigenvalue weighted by Gasteiger charge is -2.16. The number of ether oxygens (including phenoxy) is 2. The minimum atomic E-state index is -0.515. The van der Waals surface area contributed by atoms with E-state index in [1.54, 1.807) is 6.07 Å². The van der Waals surface area contributed by atoms with E-state index in [0.29, 0.717) is 23.9 Å². The smallest absolute Gasteiger partial charge is 0.229 e. The van der Waals surface area contributed by atoms with Gasteiger partial charge in [-0.1, -0.05) is 17.7 Å². The quantitative estimate of drug-likeness (QED) is 0.781. The normalized spacial score (nSPS) is 10.8. The highest BCUT2D eigenvalue weighted by Gasteiger charge is 2.15. The maximum atomic E-state index is 11.9. The minimum Gasteiger partial charge on any atom is -0.352 e. The van der Waals surface area contributed by atoms with Crippen molar-refractivity contribution in [2.24, 2.45) is 0 Å². The topological polar surface area (TPSA) is 47.6 Å². The number of hydrogen-bond donors (Lipinski definition) is 1. The number of aryl methyl sites for hydroxylation is 1. The van der Waals surface area contributed by atoms with Crippen molar-refractivity contribution in [1.29, 1.82) is 0 Å². The first-order valence-corrected chi connectivity index (χ1v) is 6.73. The van der Waals surface area contributed by atoms with Crippen LogP contribution in [0.4, 0.5) is 5.69 Å². The molecule has 1 rings (SSSR count). The fraction of sp³-hybridized carbons (Fsp3) is 0.500. The van der Waals surface area contributed by atoms with Gasteiger partial charge in [0.2, 0.25) is 5.91 Å². The van der Waals surface area contributed by atoms with Crippen LogP contribution in [0, 0.1) is 6.92 Å². The van der Waals surface area contributed by atoms with Crippen LogP contribution in [0.15, 0.2) is 18.2 Å². The second-order valence-corrected chi connectivity index (χ2v) is 4.48. The molecule has 1 N–H and O–H groups in total. The summed E-state index contributed by atoms with van der Waals surface area (Å²) in [4.78, 5) is 11.9. The molecule has 0 unspecified atom stereocenters. The number of carbonyl (C=O) groups is 1. The molecule has 4 nitrogen and oxygen atoms in total. The van der Waals surface area contributed by atoms with E-state index in [2.05, 4.69) is 5.32 Å². The van der Waals surface area contributed by atoms with E-state index < -0.39 is 6.29 Å². The standard InChI is InChI=1S/C14H20ClNO3/c1-4-18-14(19-5-2)9-13(17)16-12-8-10(3)6-7-11(12)15/h6-8,14H,4-5,9H2,1-3H3,(H,16,17). The van der Waals surface area contributed by atoms with Gasteiger partial charge in [0.1, 0.15) is 0 Å². The Kier molecular flexibility index (Phi) is 6.84. The molecule has 5 heteroatoms. The molecule has 0 radical (unpaired) electrons. The first kappa shape index (κ1) is 16.0. The molecule has 1 aromatic carbocycles. The Morgan fingerprint density at radius 2 is 1.95 bits per heavy atom. The van der Waals surface area contributed by atoms with Crippen molar-refractivity contribution in [1.82, 2.24) is 0 Å². The van der Waals surface area contributed by atoms with E-state index in [0.717, 1.165) is 5.56 Å². The number of anilines is 1. The molecule has 0 aliphatic rings. The summed E-state index contributed by atoms with van der Waals surface area (Å²) in [6.45, 7) is 6.67. The number of nitrogens with one attached hydrogen (secondary N) is 1. The van der Waals surface area contributed by atoms with E-state index in [1.807, 2.05) is 32.9 Å². The zero-order valence-electron chi connectivity index (χ0n) is 11.5. The van der Waals surface area contributed by atoms with Crippen LogP contribution in [0.2, 0.25) is 5.02 Å². The first-order chi connectivity index (χ1) is 9.06. The molecule has 0 saturated carbocycles. The zero-order chi connectivity index (χ0) is 14.3. The highest BCUT2D eigenvalue weighted by Crippen LogP contribution is 2.23. The molecule has 1 amide bonds. The summed E-state index contributed by atoms with van der Waals surface area (Å²) in [5, 5.41) is 3.28. The van der Waals surface area contributed by atoms with Crippen molar-refractivity contribution >= 4 is 23.2 Å². The predicted molar refractivity (Wildman–Crippen MR) is 76.5 cm³/mol. The van der Waals surface area contributed by atoms with Gasteiger partial charge in [0.25, 0.3) is 0 Å². The van der Waals surface area contributed by atoms with Gasteiger partial charge in [0, 0.05) is 13.2 Å². The van der Waals surface area contributed by atoms with E-state index in [4.69, 9.17) is 21.1 Å². The van der Waals surface area contributed by atoms with Crippen molar-refractivity contribution in [2.75, 3.05) is 18.5 Å². The molecule has 0 fully saturated rings. The van der Waals surface area contributed by atoms with E-state index in [1.165, 1.54) is 0 Å². The number of benzene rings is 1. The Labute approximate surface area is 119 Å². The molecular formula is C14H20ClNO3. The van der Waals surface area contributed by atoms with Gasteiger partial charge in [-0.3, -0.25) is 4.79 Å². The highest BCUT2D eigenvalue weighted by molar-refractivity contribution is 6.33. The molecule has 0 aliphatic carbocycles. The second-order valence-electron chi connectivity index (χ2n) is 4.08. The number of hydrogen-bond acceptors (Lipinski definition) is 3. The number of rotatable bonds is 7. The molecule has 0 saturated heterocycles. The summed E-state index contributed by atoms with van der Waals surface area (Å²) >= 11 is 6.02. The SMILES string of the molecule is CCOC(CC(=O)Nc1cc(C)ccc1Cl)OCC. The average Bonchev–Trinajstić information content (AvgIpc) is 2.34. The van der Waals surface area contributed by atoms with Gasteiger partial charge >= 0.3 is 0 Å². The number of amides is 1. The Morgan fingerprint density at radius 3 is 2.53 bits per heavy atom. The van der Waals surface area contributed by atoms with E-state index in [-0.39, 0.29) is 12.3 Å². The molecule has 106 valence electrons. The van der Waals surface area contributed by atoms with Gasteiger partial charge in [0.05, 0.1) is 17.1 Å². The minimum absolute atomic E-state index is 0.145. The third kappa shape index (κ3) is 5.59. The fourth-order valence-electron chi connectivity index (χ4n) is 1.63. The second kappa shape index (κ2) is 8.15. The van der Waals surface area contributed by atoms with Crippen molar-refractivity contribution < 1.29 is 14.3 Å². The first-order valence-electron chi connectivity index (χ1n) is 6.36. The van der Waals surface area contributed by atoms with Crippen LogP contribution in [-0.2, 0) is 14.3 Å². The lowest BCUT2D eigenvalue weighted by atomic mass is 10.2. The van der Waals surface area contributed by atoms with Gasteiger partial charge in [-0.05, 0) is 38.5 Å². The third-order valence-electron chi connectivity index (χ3n) is 2.45. The Balaban J connectivity index is 2.60. The molecule has 0 aromatic heterocycles. The maximum Gasteiger partial charge on any atom is 0.229 e. The zero-order valence-corrected chi connectivity index (χ0v) is 12.3. The van der Waals surface area contributed by atoms with Crippen LogP contribution in [0.1, 0.15) is 25.8 Å². The lowest BCUT2D eigenvalue weighted by molar-refractivity contribution is -0.150. The van der Waals surface area contributed by atoms with Crippen LogP contribution in [0.3, 0.4) is 0 Å². The highest BCUT2D eigenvalue weighted by atomic mass is 35.5. The largest absolute Gasteiger partial charge is 0.352 e. The summed E-state index contributed by atoms with van der Waals surface area (Å²) in [6, 6.07) is 5.48. The molecule has 0 atom stereocenters. The third-order valence-corrected chi connectivity index (χ3v) is 2.78. The summed E-state index contributed by atoms with van der Waals surface area (Å²) in [5.41, 5.74) is 1.64. The van der Waals surface area contributed by atoms with Crippen molar-refractivity contribution in [2.45, 2.75) is 33.5 Å². The number of halogens is 1. The molecule has 0 aliphatic heterocycles. The summed E-state index contributed by atoms with van der Waals surface area (Å²) in [7, 11) is 0. The summed E-state index contributed by atoms with van der Waals surface area (Å²) < 4.78 is 10.7. The van der Waals surface area contributed by atoms with Crippen LogP contribution in [0.5, 0.6) is 0 Å². The maximum absolute atomic E-state index is 11.9. The molecule has 0 bridgehead atoms. The Hall–Kier alpha value is -1.10. The molecule has 19 heavy (non-hydrogen) atoms. The van der Waals surface area contributed by atoms with Gasteiger partial charge in [-0.25, -0.2) is 0 Å². The van der Waals surface area contributed by atoms with Crippen LogP contribution < -0.4 is 5.32 Å². The lowest BCUT2D eigenvalue weighted by Crippen LogP contribution is -2.25. The monoisotopic (exact) mass is 285 g/mol. The van der Waals surface area contributed by atoms with Crippen molar-refractivity contribution in [3.63, 3.8) is 0 Å². The van der Waals surface area contributed by atoms with Crippen molar-refractivity contribution in [3.8, 4) is 0 Å². The molecular weight excluding hydrogens is 266 g/mol.